The van der Waals surface area contributed by atoms with E-state index in [0.717, 1.165) is 24.3 Å². The summed E-state index contributed by atoms with van der Waals surface area (Å²) < 4.78 is 0. The maximum Gasteiger partial charge on any atom is 0.272 e. The highest BCUT2D eigenvalue weighted by molar-refractivity contribution is 5.93. The van der Waals surface area contributed by atoms with Gasteiger partial charge in [-0.25, -0.2) is 9.97 Å². The molecule has 2 aromatic carbocycles. The van der Waals surface area contributed by atoms with Gasteiger partial charge in [0.05, 0.1) is 0 Å². The molecule has 4 rings (SSSR count). The molecule has 0 atom stereocenters. The van der Waals surface area contributed by atoms with Crippen molar-refractivity contribution in [3.8, 4) is 0 Å². The fraction of sp³-hybridized carbons (Fsp3) is 0.227. The van der Waals surface area contributed by atoms with Crippen molar-refractivity contribution in [3.63, 3.8) is 0 Å². The van der Waals surface area contributed by atoms with E-state index in [2.05, 4.69) is 32.3 Å². The average molecular weight is 373 g/mol. The molecule has 1 N–H and O–H groups in total. The maximum absolute atomic E-state index is 12.9. The monoisotopic (exact) mass is 373 g/mol. The number of para-hydroxylation sites is 1. The summed E-state index contributed by atoms with van der Waals surface area (Å²) in [7, 11) is 0. The summed E-state index contributed by atoms with van der Waals surface area (Å²) in [5, 5.41) is 3.24. The van der Waals surface area contributed by atoms with Gasteiger partial charge in [-0.3, -0.25) is 4.79 Å². The Bertz CT molecular complexity index is 952. The van der Waals surface area contributed by atoms with Crippen LogP contribution in [0, 0.1) is 6.92 Å². The van der Waals surface area contributed by atoms with Crippen LogP contribution in [0.15, 0.2) is 67.0 Å². The Morgan fingerprint density at radius 2 is 1.71 bits per heavy atom. The molecule has 1 aromatic heterocycles. The normalized spacial score (nSPS) is 14.0. The SMILES string of the molecule is Cc1cccc(Nc2cc(C(=O)N3CCN(c4ccccc4)CC3)ncn2)c1. The number of carbonyl (C=O) groups is 1. The fourth-order valence-electron chi connectivity index (χ4n) is 3.38. The van der Waals surface area contributed by atoms with E-state index in [4.69, 9.17) is 0 Å². The first-order valence-corrected chi connectivity index (χ1v) is 9.44. The quantitative estimate of drug-likeness (QED) is 0.759. The van der Waals surface area contributed by atoms with Gasteiger partial charge in [-0.1, -0.05) is 30.3 Å². The highest BCUT2D eigenvalue weighted by Crippen LogP contribution is 2.18. The molecule has 0 radical (unpaired) electrons. The minimum Gasteiger partial charge on any atom is -0.368 e. The van der Waals surface area contributed by atoms with Gasteiger partial charge in [0.15, 0.2) is 0 Å². The molecule has 2 heterocycles. The lowest BCUT2D eigenvalue weighted by Gasteiger charge is -2.36. The Hall–Kier alpha value is -3.41. The van der Waals surface area contributed by atoms with Gasteiger partial charge in [-0.05, 0) is 36.8 Å². The minimum absolute atomic E-state index is 0.0533. The molecule has 6 heteroatoms. The maximum atomic E-state index is 12.9. The lowest BCUT2D eigenvalue weighted by Crippen LogP contribution is -2.49. The summed E-state index contributed by atoms with van der Waals surface area (Å²) in [5.41, 5.74) is 3.71. The molecule has 6 nitrogen and oxygen atoms in total. The van der Waals surface area contributed by atoms with Crippen LogP contribution < -0.4 is 10.2 Å². The highest BCUT2D eigenvalue weighted by Gasteiger charge is 2.23. The van der Waals surface area contributed by atoms with Crippen molar-refractivity contribution in [2.45, 2.75) is 6.92 Å². The molecule has 142 valence electrons. The molecule has 1 saturated heterocycles. The number of nitrogens with zero attached hydrogens (tertiary/aromatic N) is 4. The number of rotatable bonds is 4. The zero-order valence-corrected chi connectivity index (χ0v) is 15.9. The van der Waals surface area contributed by atoms with Gasteiger partial charge in [0.2, 0.25) is 0 Å². The minimum atomic E-state index is -0.0533. The summed E-state index contributed by atoms with van der Waals surface area (Å²) in [6, 6.07) is 20.0. The van der Waals surface area contributed by atoms with Crippen LogP contribution in [0.25, 0.3) is 0 Å². The zero-order chi connectivity index (χ0) is 19.3. The number of amides is 1. The second kappa shape index (κ2) is 8.08. The van der Waals surface area contributed by atoms with Gasteiger partial charge in [0.1, 0.15) is 17.8 Å². The van der Waals surface area contributed by atoms with Gasteiger partial charge in [0, 0.05) is 43.6 Å². The van der Waals surface area contributed by atoms with Gasteiger partial charge in [-0.15, -0.1) is 0 Å². The molecule has 0 bridgehead atoms. The lowest BCUT2D eigenvalue weighted by molar-refractivity contribution is 0.0740. The topological polar surface area (TPSA) is 61.4 Å². The van der Waals surface area contributed by atoms with Crippen LogP contribution in [0.1, 0.15) is 16.1 Å². The predicted molar refractivity (Wildman–Crippen MR) is 111 cm³/mol. The van der Waals surface area contributed by atoms with Crippen molar-refractivity contribution in [3.05, 3.63) is 78.2 Å². The number of hydrogen-bond acceptors (Lipinski definition) is 5. The van der Waals surface area contributed by atoms with E-state index >= 15 is 0 Å². The van der Waals surface area contributed by atoms with Gasteiger partial charge < -0.3 is 15.1 Å². The van der Waals surface area contributed by atoms with Crippen LogP contribution >= 0.6 is 0 Å². The summed E-state index contributed by atoms with van der Waals surface area (Å²) >= 11 is 0. The molecular formula is C22H23N5O. The largest absolute Gasteiger partial charge is 0.368 e. The van der Waals surface area contributed by atoms with Crippen LogP contribution in [0.4, 0.5) is 17.2 Å². The molecule has 0 saturated carbocycles. The van der Waals surface area contributed by atoms with Gasteiger partial charge in [-0.2, -0.15) is 0 Å². The first-order chi connectivity index (χ1) is 13.7. The van der Waals surface area contributed by atoms with E-state index in [9.17, 15) is 4.79 Å². The molecule has 28 heavy (non-hydrogen) atoms. The first-order valence-electron chi connectivity index (χ1n) is 9.44. The van der Waals surface area contributed by atoms with Crippen LogP contribution in [-0.4, -0.2) is 47.0 Å². The number of anilines is 3. The number of carbonyl (C=O) groups excluding carboxylic acids is 1. The number of benzene rings is 2. The fourth-order valence-corrected chi connectivity index (χ4v) is 3.38. The Morgan fingerprint density at radius 1 is 0.929 bits per heavy atom. The van der Waals surface area contributed by atoms with E-state index in [-0.39, 0.29) is 5.91 Å². The molecule has 1 fully saturated rings. The second-order valence-electron chi connectivity index (χ2n) is 6.90. The Morgan fingerprint density at radius 3 is 2.46 bits per heavy atom. The van der Waals surface area contributed by atoms with Crippen LogP contribution in [0.2, 0.25) is 0 Å². The zero-order valence-electron chi connectivity index (χ0n) is 15.9. The molecule has 0 aliphatic carbocycles. The third kappa shape index (κ3) is 4.11. The molecule has 1 aliphatic rings. The Labute approximate surface area is 164 Å². The number of aryl methyl sites for hydroxylation is 1. The molecule has 0 unspecified atom stereocenters. The summed E-state index contributed by atoms with van der Waals surface area (Å²) in [6.45, 7) is 5.02. The number of hydrogen-bond donors (Lipinski definition) is 1. The van der Waals surface area contributed by atoms with Crippen molar-refractivity contribution in [2.75, 3.05) is 36.4 Å². The van der Waals surface area contributed by atoms with Crippen molar-refractivity contribution < 1.29 is 4.79 Å². The van der Waals surface area contributed by atoms with Crippen LogP contribution in [-0.2, 0) is 0 Å². The smallest absolute Gasteiger partial charge is 0.272 e. The Kier molecular flexibility index (Phi) is 5.19. The van der Waals surface area contributed by atoms with Gasteiger partial charge >= 0.3 is 0 Å². The van der Waals surface area contributed by atoms with E-state index in [1.54, 1.807) is 6.07 Å². The summed E-state index contributed by atoms with van der Waals surface area (Å²) in [5.74, 6) is 0.564. The summed E-state index contributed by atoms with van der Waals surface area (Å²) in [6.07, 6.45) is 1.44. The standard InChI is InChI=1S/C22H23N5O/c1-17-6-5-7-18(14-17)25-21-15-20(23-16-24-21)22(28)27-12-10-26(11-13-27)19-8-3-2-4-9-19/h2-9,14-16H,10-13H2,1H3,(H,23,24,25). The van der Waals surface area contributed by atoms with Crippen molar-refractivity contribution in [2.24, 2.45) is 0 Å². The third-order valence-electron chi connectivity index (χ3n) is 4.86. The van der Waals surface area contributed by atoms with Crippen LogP contribution in [0.5, 0.6) is 0 Å². The molecular weight excluding hydrogens is 350 g/mol. The molecule has 3 aromatic rings. The van der Waals surface area contributed by atoms with Gasteiger partial charge in [0.25, 0.3) is 5.91 Å². The van der Waals surface area contributed by atoms with Crippen molar-refractivity contribution in [1.29, 1.82) is 0 Å². The number of aromatic nitrogens is 2. The first kappa shape index (κ1) is 18.0. The number of piperazine rings is 1. The Balaban J connectivity index is 1.41. The molecule has 1 aliphatic heterocycles. The van der Waals surface area contributed by atoms with Crippen molar-refractivity contribution >= 4 is 23.1 Å². The number of nitrogens with one attached hydrogen (secondary N) is 1. The van der Waals surface area contributed by atoms with Crippen LogP contribution in [0.3, 0.4) is 0 Å². The van der Waals surface area contributed by atoms with Crippen molar-refractivity contribution in [1.82, 2.24) is 14.9 Å². The molecule has 0 spiro atoms. The van der Waals surface area contributed by atoms with E-state index in [0.29, 0.717) is 24.6 Å². The molecule has 1 amide bonds. The highest BCUT2D eigenvalue weighted by atomic mass is 16.2. The summed E-state index contributed by atoms with van der Waals surface area (Å²) in [4.78, 5) is 25.5. The van der Waals surface area contributed by atoms with E-state index in [1.807, 2.05) is 54.3 Å². The predicted octanol–water partition coefficient (Wildman–Crippen LogP) is 3.49. The van der Waals surface area contributed by atoms with E-state index in [1.165, 1.54) is 12.0 Å². The second-order valence-corrected chi connectivity index (χ2v) is 6.90. The third-order valence-corrected chi connectivity index (χ3v) is 4.86. The lowest BCUT2D eigenvalue weighted by atomic mass is 10.2. The average Bonchev–Trinajstić information content (AvgIpc) is 2.74. The van der Waals surface area contributed by atoms with E-state index < -0.39 is 0 Å².